The molecule has 4 aromatic rings. The Morgan fingerprint density at radius 1 is 1.13 bits per heavy atom. The summed E-state index contributed by atoms with van der Waals surface area (Å²) in [6.45, 7) is 2.74. The van der Waals surface area contributed by atoms with Crippen LogP contribution in [0.2, 0.25) is 5.02 Å². The van der Waals surface area contributed by atoms with Crippen molar-refractivity contribution in [1.29, 1.82) is 0 Å². The van der Waals surface area contributed by atoms with Crippen LogP contribution in [0, 0.1) is 0 Å². The summed E-state index contributed by atoms with van der Waals surface area (Å²) >= 11 is 6.33. The van der Waals surface area contributed by atoms with Gasteiger partial charge in [0, 0.05) is 41.0 Å². The lowest BCUT2D eigenvalue weighted by Gasteiger charge is -2.19. The van der Waals surface area contributed by atoms with E-state index in [1.165, 1.54) is 0 Å². The van der Waals surface area contributed by atoms with Crippen molar-refractivity contribution in [2.24, 2.45) is 0 Å². The van der Waals surface area contributed by atoms with Crippen LogP contribution in [0.4, 0.5) is 0 Å². The maximum atomic E-state index is 13.2. The molecule has 2 aliphatic rings. The molecule has 1 N–H and O–H groups in total. The normalized spacial score (nSPS) is 18.3. The first kappa shape index (κ1) is 18.1. The van der Waals surface area contributed by atoms with Gasteiger partial charge in [-0.05, 0) is 47.7 Å². The molecule has 0 radical (unpaired) electrons. The lowest BCUT2D eigenvalue weighted by Crippen LogP contribution is -2.23. The predicted molar refractivity (Wildman–Crippen MR) is 119 cm³/mol. The van der Waals surface area contributed by atoms with Gasteiger partial charge >= 0.3 is 0 Å². The average molecular weight is 418 g/mol. The van der Waals surface area contributed by atoms with E-state index in [1.807, 2.05) is 47.0 Å². The molecule has 0 bridgehead atoms. The van der Waals surface area contributed by atoms with E-state index in [0.717, 1.165) is 57.2 Å². The minimum absolute atomic E-state index is 0.0192. The fourth-order valence-electron chi connectivity index (χ4n) is 4.89. The van der Waals surface area contributed by atoms with Gasteiger partial charge < -0.3 is 9.67 Å². The van der Waals surface area contributed by atoms with Gasteiger partial charge in [0.1, 0.15) is 0 Å². The smallest absolute Gasteiger partial charge is 0.259 e. The van der Waals surface area contributed by atoms with Crippen molar-refractivity contribution in [3.05, 3.63) is 75.0 Å². The van der Waals surface area contributed by atoms with E-state index in [-0.39, 0.29) is 11.7 Å². The minimum atomic E-state index is -0.278. The van der Waals surface area contributed by atoms with Crippen LogP contribution in [-0.2, 0) is 13.1 Å². The van der Waals surface area contributed by atoms with Crippen molar-refractivity contribution >= 4 is 33.3 Å². The molecule has 1 fully saturated rings. The largest absolute Gasteiger partial charge is 0.392 e. The van der Waals surface area contributed by atoms with Crippen LogP contribution in [0.3, 0.4) is 0 Å². The molecule has 0 spiro atoms. The second kappa shape index (κ2) is 6.64. The zero-order valence-electron chi connectivity index (χ0n) is 16.3. The van der Waals surface area contributed by atoms with Gasteiger partial charge in [-0.15, -0.1) is 0 Å². The van der Waals surface area contributed by atoms with Crippen molar-refractivity contribution in [3.8, 4) is 11.4 Å². The number of fused-ring (bicyclic) bond motifs is 5. The molecule has 1 atom stereocenters. The van der Waals surface area contributed by atoms with E-state index >= 15 is 0 Å². The standard InChI is InChI=1S/C24H20ClN3O2/c25-15-5-6-21-18(10-15)19(12-27-8-7-16(29)11-27)20-13-28-22(23(20)26-21)9-14-3-1-2-4-17(14)24(28)30/h1-6,9-10,16,29H,7-8,11-13H2/t16-/m0/s1. The SMILES string of the molecule is O=c1c2ccccc2cc2n1Cc1c-2nc2ccc(Cl)cc2c1CN1CC[C@H](O)C1. The van der Waals surface area contributed by atoms with Crippen LogP contribution in [0.5, 0.6) is 0 Å². The molecule has 4 heterocycles. The molecular formula is C24H20ClN3O2. The van der Waals surface area contributed by atoms with Crippen LogP contribution in [-0.4, -0.2) is 38.8 Å². The monoisotopic (exact) mass is 417 g/mol. The third-order valence-electron chi connectivity index (χ3n) is 6.37. The quantitative estimate of drug-likeness (QED) is 0.474. The number of likely N-dealkylation sites (tertiary alicyclic amines) is 1. The molecule has 6 rings (SSSR count). The lowest BCUT2D eigenvalue weighted by molar-refractivity contribution is 0.175. The number of nitrogens with zero attached hydrogens (tertiary/aromatic N) is 3. The zero-order chi connectivity index (χ0) is 20.4. The number of pyridine rings is 2. The van der Waals surface area contributed by atoms with Gasteiger partial charge in [0.05, 0.1) is 29.6 Å². The first-order valence-corrected chi connectivity index (χ1v) is 10.6. The number of rotatable bonds is 2. The number of aromatic nitrogens is 2. The van der Waals surface area contributed by atoms with Crippen molar-refractivity contribution in [2.45, 2.75) is 25.6 Å². The topological polar surface area (TPSA) is 58.4 Å². The second-order valence-corrected chi connectivity index (χ2v) is 8.70. The van der Waals surface area contributed by atoms with Gasteiger partial charge in [-0.1, -0.05) is 29.8 Å². The van der Waals surface area contributed by atoms with Crippen molar-refractivity contribution in [2.75, 3.05) is 13.1 Å². The number of benzene rings is 2. The van der Waals surface area contributed by atoms with Gasteiger partial charge in [0.25, 0.3) is 5.56 Å². The third-order valence-corrected chi connectivity index (χ3v) is 6.61. The van der Waals surface area contributed by atoms with Crippen LogP contribution in [0.1, 0.15) is 17.5 Å². The molecule has 30 heavy (non-hydrogen) atoms. The van der Waals surface area contributed by atoms with E-state index in [0.29, 0.717) is 24.7 Å². The second-order valence-electron chi connectivity index (χ2n) is 8.26. The fourth-order valence-corrected chi connectivity index (χ4v) is 5.06. The molecule has 5 nitrogen and oxygen atoms in total. The van der Waals surface area contributed by atoms with E-state index in [4.69, 9.17) is 16.6 Å². The molecule has 2 aromatic carbocycles. The highest BCUT2D eigenvalue weighted by molar-refractivity contribution is 6.31. The van der Waals surface area contributed by atoms with E-state index < -0.39 is 0 Å². The summed E-state index contributed by atoms with van der Waals surface area (Å²) in [6, 6.07) is 15.5. The summed E-state index contributed by atoms with van der Waals surface area (Å²) in [5.41, 5.74) is 4.88. The Labute approximate surface area is 178 Å². The van der Waals surface area contributed by atoms with E-state index in [2.05, 4.69) is 11.0 Å². The summed E-state index contributed by atoms with van der Waals surface area (Å²) in [5, 5.41) is 13.3. The number of β-amino-alcohol motifs (C(OH)–C–C–N with tert-alkyl or cyclic N) is 1. The molecule has 0 amide bonds. The maximum Gasteiger partial charge on any atom is 0.259 e. The Morgan fingerprint density at radius 2 is 2.00 bits per heavy atom. The van der Waals surface area contributed by atoms with Crippen molar-refractivity contribution in [3.63, 3.8) is 0 Å². The van der Waals surface area contributed by atoms with Crippen molar-refractivity contribution in [1.82, 2.24) is 14.5 Å². The minimum Gasteiger partial charge on any atom is -0.392 e. The first-order valence-electron chi connectivity index (χ1n) is 10.2. The van der Waals surface area contributed by atoms with Gasteiger partial charge in [-0.3, -0.25) is 9.69 Å². The summed E-state index contributed by atoms with van der Waals surface area (Å²) in [7, 11) is 0. The Bertz CT molecular complexity index is 1400. The highest BCUT2D eigenvalue weighted by atomic mass is 35.5. The molecule has 0 unspecified atom stereocenters. The highest BCUT2D eigenvalue weighted by Crippen LogP contribution is 2.37. The molecule has 6 heteroatoms. The fraction of sp³-hybridized carbons (Fsp3) is 0.250. The highest BCUT2D eigenvalue weighted by Gasteiger charge is 2.29. The number of aliphatic hydroxyl groups excluding tert-OH is 1. The molecule has 150 valence electrons. The Hall–Kier alpha value is -2.73. The first-order chi connectivity index (χ1) is 14.6. The Balaban J connectivity index is 1.61. The van der Waals surface area contributed by atoms with Crippen molar-refractivity contribution < 1.29 is 5.11 Å². The molecule has 0 aliphatic carbocycles. The Kier molecular flexibility index (Phi) is 4.00. The van der Waals surface area contributed by atoms with Gasteiger partial charge in [-0.2, -0.15) is 0 Å². The van der Waals surface area contributed by atoms with Crippen LogP contribution in [0.25, 0.3) is 33.1 Å². The van der Waals surface area contributed by atoms with Gasteiger partial charge in [-0.25, -0.2) is 4.98 Å². The van der Waals surface area contributed by atoms with Crippen LogP contribution < -0.4 is 5.56 Å². The molecule has 2 aromatic heterocycles. The maximum absolute atomic E-state index is 13.2. The summed E-state index contributed by atoms with van der Waals surface area (Å²) in [6.07, 6.45) is 0.511. The van der Waals surface area contributed by atoms with Gasteiger partial charge in [0.15, 0.2) is 0 Å². The van der Waals surface area contributed by atoms with Crippen LogP contribution in [0.15, 0.2) is 53.3 Å². The summed E-state index contributed by atoms with van der Waals surface area (Å²) in [5.74, 6) is 0. The lowest BCUT2D eigenvalue weighted by atomic mass is 10.00. The Morgan fingerprint density at radius 3 is 2.83 bits per heavy atom. The molecular weight excluding hydrogens is 398 g/mol. The van der Waals surface area contributed by atoms with E-state index in [9.17, 15) is 9.90 Å². The average Bonchev–Trinajstić information content (AvgIpc) is 3.32. The molecule has 2 aliphatic heterocycles. The number of hydrogen-bond acceptors (Lipinski definition) is 4. The zero-order valence-corrected chi connectivity index (χ0v) is 17.1. The number of aliphatic hydroxyl groups is 1. The molecule has 0 saturated carbocycles. The predicted octanol–water partition coefficient (Wildman–Crippen LogP) is 3.80. The number of halogens is 1. The number of hydrogen-bond donors (Lipinski definition) is 1. The summed E-state index contributed by atoms with van der Waals surface area (Å²) in [4.78, 5) is 20.4. The summed E-state index contributed by atoms with van der Waals surface area (Å²) < 4.78 is 1.84. The molecule has 1 saturated heterocycles. The van der Waals surface area contributed by atoms with Crippen LogP contribution >= 0.6 is 11.6 Å². The van der Waals surface area contributed by atoms with Gasteiger partial charge in [0.2, 0.25) is 0 Å². The third kappa shape index (κ3) is 2.70. The van der Waals surface area contributed by atoms with E-state index in [1.54, 1.807) is 0 Å².